The van der Waals surface area contributed by atoms with Gasteiger partial charge in [-0.1, -0.05) is 31.5 Å². The molecule has 0 aromatic heterocycles. The van der Waals surface area contributed by atoms with Crippen molar-refractivity contribution in [3.63, 3.8) is 0 Å². The van der Waals surface area contributed by atoms with E-state index in [-0.39, 0.29) is 10.8 Å². The monoisotopic (exact) mass is 267 g/mol. The molecule has 98 valence electrons. The van der Waals surface area contributed by atoms with Crippen LogP contribution < -0.4 is 5.73 Å². The topological polar surface area (TPSA) is 35.2 Å². The van der Waals surface area contributed by atoms with Crippen molar-refractivity contribution in [3.05, 3.63) is 35.1 Å². The van der Waals surface area contributed by atoms with E-state index in [0.717, 1.165) is 18.4 Å². The average Bonchev–Trinajstić information content (AvgIpc) is 2.37. The molecule has 0 saturated heterocycles. The van der Waals surface area contributed by atoms with E-state index in [0.29, 0.717) is 18.3 Å². The van der Waals surface area contributed by atoms with Crippen LogP contribution in [0.3, 0.4) is 0 Å². The van der Waals surface area contributed by atoms with Crippen molar-refractivity contribution in [2.45, 2.75) is 44.8 Å². The predicted molar refractivity (Wildman–Crippen MR) is 73.9 cm³/mol. The largest absolute Gasteiger partial charge is 0.389 e. The highest BCUT2D eigenvalue weighted by Crippen LogP contribution is 2.21. The van der Waals surface area contributed by atoms with Gasteiger partial charge in [-0.3, -0.25) is 0 Å². The van der Waals surface area contributed by atoms with Crippen molar-refractivity contribution in [1.82, 2.24) is 0 Å². The summed E-state index contributed by atoms with van der Waals surface area (Å²) in [5, 5.41) is 0. The summed E-state index contributed by atoms with van der Waals surface area (Å²) in [7, 11) is 0. The molecular weight excluding hydrogens is 249 g/mol. The Morgan fingerprint density at radius 1 is 1.28 bits per heavy atom. The first-order valence-electron chi connectivity index (χ1n) is 6.36. The molecule has 0 bridgehead atoms. The molecule has 0 unspecified atom stereocenters. The first-order valence-corrected chi connectivity index (χ1v) is 6.77. The van der Waals surface area contributed by atoms with Crippen molar-refractivity contribution in [2.75, 3.05) is 0 Å². The van der Waals surface area contributed by atoms with Crippen LogP contribution in [-0.2, 0) is 11.3 Å². The molecule has 0 aliphatic heterocycles. The van der Waals surface area contributed by atoms with Gasteiger partial charge in [0, 0.05) is 5.56 Å². The van der Waals surface area contributed by atoms with E-state index in [4.69, 9.17) is 22.7 Å². The summed E-state index contributed by atoms with van der Waals surface area (Å²) in [6.45, 7) is 0.429. The van der Waals surface area contributed by atoms with Gasteiger partial charge in [0.05, 0.1) is 12.7 Å². The number of rotatable bonds is 4. The van der Waals surface area contributed by atoms with Crippen molar-refractivity contribution >= 4 is 17.2 Å². The second-order valence-corrected chi connectivity index (χ2v) is 5.22. The van der Waals surface area contributed by atoms with E-state index < -0.39 is 0 Å². The fourth-order valence-electron chi connectivity index (χ4n) is 2.32. The molecule has 0 spiro atoms. The Kier molecular flexibility index (Phi) is 4.66. The van der Waals surface area contributed by atoms with Crippen LogP contribution in [-0.4, -0.2) is 11.1 Å². The maximum atomic E-state index is 13.4. The van der Waals surface area contributed by atoms with Crippen LogP contribution >= 0.6 is 12.2 Å². The van der Waals surface area contributed by atoms with Crippen LogP contribution in [0, 0.1) is 5.82 Å². The lowest BCUT2D eigenvalue weighted by molar-refractivity contribution is 0.0167. The number of ether oxygens (including phenoxy) is 1. The molecule has 1 fully saturated rings. The highest BCUT2D eigenvalue weighted by Gasteiger charge is 2.14. The zero-order valence-electron chi connectivity index (χ0n) is 10.3. The van der Waals surface area contributed by atoms with Gasteiger partial charge in [0.25, 0.3) is 0 Å². The van der Waals surface area contributed by atoms with Crippen LogP contribution in [0.15, 0.2) is 18.2 Å². The predicted octanol–water partition coefficient (Wildman–Crippen LogP) is 3.31. The molecule has 2 rings (SSSR count). The summed E-state index contributed by atoms with van der Waals surface area (Å²) in [6.07, 6.45) is 6.29. The smallest absolute Gasteiger partial charge is 0.124 e. The van der Waals surface area contributed by atoms with Crippen LogP contribution in [0.25, 0.3) is 0 Å². The maximum absolute atomic E-state index is 13.4. The minimum absolute atomic E-state index is 0.216. The Morgan fingerprint density at radius 3 is 2.67 bits per heavy atom. The number of benzene rings is 1. The molecule has 2 nitrogen and oxygen atoms in total. The van der Waals surface area contributed by atoms with Gasteiger partial charge in [-0.25, -0.2) is 4.39 Å². The van der Waals surface area contributed by atoms with E-state index in [1.807, 2.05) is 0 Å². The summed E-state index contributed by atoms with van der Waals surface area (Å²) in [4.78, 5) is 0.216. The molecule has 1 aromatic rings. The fraction of sp³-hybridized carbons (Fsp3) is 0.500. The molecule has 2 N–H and O–H groups in total. The summed E-state index contributed by atoms with van der Waals surface area (Å²) in [5.41, 5.74) is 6.87. The van der Waals surface area contributed by atoms with Gasteiger partial charge in [0.1, 0.15) is 10.8 Å². The second kappa shape index (κ2) is 6.25. The van der Waals surface area contributed by atoms with E-state index in [2.05, 4.69) is 0 Å². The van der Waals surface area contributed by atoms with Gasteiger partial charge < -0.3 is 10.5 Å². The first-order chi connectivity index (χ1) is 8.65. The third-order valence-electron chi connectivity index (χ3n) is 3.28. The number of hydrogen-bond donors (Lipinski definition) is 1. The van der Waals surface area contributed by atoms with E-state index in [1.165, 1.54) is 31.4 Å². The van der Waals surface area contributed by atoms with Gasteiger partial charge in [0.2, 0.25) is 0 Å². The highest BCUT2D eigenvalue weighted by atomic mass is 32.1. The van der Waals surface area contributed by atoms with Gasteiger partial charge in [-0.2, -0.15) is 0 Å². The molecule has 18 heavy (non-hydrogen) atoms. The zero-order valence-corrected chi connectivity index (χ0v) is 11.1. The van der Waals surface area contributed by atoms with Crippen LogP contribution in [0.5, 0.6) is 0 Å². The molecule has 1 aliphatic rings. The van der Waals surface area contributed by atoms with E-state index >= 15 is 0 Å². The molecule has 0 radical (unpaired) electrons. The second-order valence-electron chi connectivity index (χ2n) is 4.78. The molecule has 1 aromatic carbocycles. The number of hydrogen-bond acceptors (Lipinski definition) is 2. The quantitative estimate of drug-likeness (QED) is 0.850. The molecule has 4 heteroatoms. The Bertz CT molecular complexity index is 430. The highest BCUT2D eigenvalue weighted by molar-refractivity contribution is 7.80. The van der Waals surface area contributed by atoms with Gasteiger partial charge >= 0.3 is 0 Å². The molecule has 0 amide bonds. The molecule has 1 aliphatic carbocycles. The van der Waals surface area contributed by atoms with Crippen LogP contribution in [0.1, 0.15) is 43.2 Å². The lowest BCUT2D eigenvalue weighted by atomic mass is 9.98. The third-order valence-corrected chi connectivity index (χ3v) is 3.52. The van der Waals surface area contributed by atoms with Crippen LogP contribution in [0.4, 0.5) is 4.39 Å². The fourth-order valence-corrected chi connectivity index (χ4v) is 2.44. The van der Waals surface area contributed by atoms with Gasteiger partial charge in [-0.15, -0.1) is 0 Å². The molecular formula is C14H18FNOS. The van der Waals surface area contributed by atoms with Gasteiger partial charge in [-0.05, 0) is 36.6 Å². The SMILES string of the molecule is NC(=S)c1cc(F)cc(COC2CCCCC2)c1. The van der Waals surface area contributed by atoms with Gasteiger partial charge in [0.15, 0.2) is 0 Å². The molecule has 1 saturated carbocycles. The summed E-state index contributed by atoms with van der Waals surface area (Å²) in [5.74, 6) is -0.317. The lowest BCUT2D eigenvalue weighted by Gasteiger charge is -2.22. The maximum Gasteiger partial charge on any atom is 0.124 e. The van der Waals surface area contributed by atoms with Crippen molar-refractivity contribution < 1.29 is 9.13 Å². The average molecular weight is 267 g/mol. The Labute approximate surface area is 112 Å². The summed E-state index contributed by atoms with van der Waals surface area (Å²) >= 11 is 4.86. The Balaban J connectivity index is 1.97. The zero-order chi connectivity index (χ0) is 13.0. The third kappa shape index (κ3) is 3.75. The number of nitrogens with two attached hydrogens (primary N) is 1. The minimum atomic E-state index is -0.317. The first kappa shape index (κ1) is 13.4. The standard InChI is InChI=1S/C14H18FNOS/c15-12-7-10(6-11(8-12)14(16)18)9-17-13-4-2-1-3-5-13/h6-8,13H,1-5,9H2,(H2,16,18). The minimum Gasteiger partial charge on any atom is -0.389 e. The summed E-state index contributed by atoms with van der Waals surface area (Å²) in [6, 6.07) is 4.63. The summed E-state index contributed by atoms with van der Waals surface area (Å²) < 4.78 is 19.2. The van der Waals surface area contributed by atoms with E-state index in [1.54, 1.807) is 6.07 Å². The Morgan fingerprint density at radius 2 is 2.00 bits per heavy atom. The number of thiocarbonyl (C=S) groups is 1. The van der Waals surface area contributed by atoms with Crippen LogP contribution in [0.2, 0.25) is 0 Å². The van der Waals surface area contributed by atoms with Crippen molar-refractivity contribution in [2.24, 2.45) is 5.73 Å². The van der Waals surface area contributed by atoms with E-state index in [9.17, 15) is 4.39 Å². The van der Waals surface area contributed by atoms with Crippen molar-refractivity contribution in [1.29, 1.82) is 0 Å². The van der Waals surface area contributed by atoms with Crippen molar-refractivity contribution in [3.8, 4) is 0 Å². The Hall–Kier alpha value is -1.00. The lowest BCUT2D eigenvalue weighted by Crippen LogP contribution is -2.16. The molecule has 0 heterocycles. The normalized spacial score (nSPS) is 16.7. The number of halogens is 1. The molecule has 0 atom stereocenters.